The van der Waals surface area contributed by atoms with Crippen LogP contribution in [0.15, 0.2) is 46.9 Å². The number of carbonyl (C=O) groups excluding carboxylic acids is 3. The number of amides is 2. The van der Waals surface area contributed by atoms with Crippen LogP contribution in [-0.4, -0.2) is 41.6 Å². The molecule has 2 aliphatic heterocycles. The Kier molecular flexibility index (Phi) is 9.66. The summed E-state index contributed by atoms with van der Waals surface area (Å²) < 4.78 is 11.8. The molecule has 1 aliphatic carbocycles. The van der Waals surface area contributed by atoms with Gasteiger partial charge in [-0.25, -0.2) is 0 Å². The minimum Gasteiger partial charge on any atom is -0.494 e. The third kappa shape index (κ3) is 7.81. The number of rotatable bonds is 12. The quantitative estimate of drug-likeness (QED) is 0.314. The van der Waals surface area contributed by atoms with E-state index in [0.717, 1.165) is 67.4 Å². The first kappa shape index (κ1) is 25.1. The second kappa shape index (κ2) is 12.7. The Hall–Kier alpha value is -2.48. The average Bonchev–Trinajstić information content (AvgIpc) is 3.14. The third-order valence-corrected chi connectivity index (χ3v) is 6.89. The largest absolute Gasteiger partial charge is 0.494 e. The molecule has 2 heterocycles. The molecule has 180 valence electrons. The summed E-state index contributed by atoms with van der Waals surface area (Å²) in [6, 6.07) is 0. The molecule has 2 amide bonds. The van der Waals surface area contributed by atoms with E-state index in [-0.39, 0.29) is 29.0 Å². The summed E-state index contributed by atoms with van der Waals surface area (Å²) in [5, 5.41) is 5.08. The lowest BCUT2D eigenvalue weighted by atomic mass is 9.99. The number of thioether (sulfide) groups is 1. The fourth-order valence-electron chi connectivity index (χ4n) is 3.83. The lowest BCUT2D eigenvalue weighted by Gasteiger charge is -2.26. The number of unbranched alkanes of at least 4 members (excludes halogenated alkanes) is 2. The number of ether oxygens (including phenoxy) is 2. The van der Waals surface area contributed by atoms with E-state index >= 15 is 0 Å². The smallest absolute Gasteiger partial charge is 0.306 e. The molecule has 2 atom stereocenters. The van der Waals surface area contributed by atoms with Gasteiger partial charge in [-0.3, -0.25) is 19.7 Å². The molecule has 1 saturated heterocycles. The second-order valence-electron chi connectivity index (χ2n) is 8.45. The minimum atomic E-state index is -0.482. The average molecular weight is 475 g/mol. The van der Waals surface area contributed by atoms with Crippen molar-refractivity contribution in [3.8, 4) is 0 Å². The molecular formula is C25H34N2O5S. The molecule has 0 saturated carbocycles. The van der Waals surface area contributed by atoms with Crippen LogP contribution in [0, 0.1) is 0 Å². The lowest BCUT2D eigenvalue weighted by Crippen LogP contribution is -2.34. The van der Waals surface area contributed by atoms with Crippen molar-refractivity contribution in [2.75, 3.05) is 13.2 Å². The Morgan fingerprint density at radius 1 is 1.12 bits per heavy atom. The van der Waals surface area contributed by atoms with Gasteiger partial charge in [-0.2, -0.15) is 0 Å². The summed E-state index contributed by atoms with van der Waals surface area (Å²) in [6.45, 7) is 5.22. The Morgan fingerprint density at radius 3 is 2.55 bits per heavy atom. The maximum absolute atomic E-state index is 12.4. The summed E-state index contributed by atoms with van der Waals surface area (Å²) in [4.78, 5) is 35.5. The van der Waals surface area contributed by atoms with E-state index in [1.54, 1.807) is 0 Å². The number of dihydropyridines is 1. The highest BCUT2D eigenvalue weighted by Gasteiger charge is 2.32. The molecule has 1 unspecified atom stereocenters. The number of carbonyl (C=O) groups is 3. The van der Waals surface area contributed by atoms with Crippen LogP contribution in [0.4, 0.5) is 4.79 Å². The molecular weight excluding hydrogens is 440 g/mol. The molecule has 0 aromatic carbocycles. The predicted molar refractivity (Wildman–Crippen MR) is 129 cm³/mol. The fourth-order valence-corrected chi connectivity index (χ4v) is 4.71. The maximum Gasteiger partial charge on any atom is 0.306 e. The zero-order valence-electron chi connectivity index (χ0n) is 19.5. The first-order valence-corrected chi connectivity index (χ1v) is 12.7. The topological polar surface area (TPSA) is 93.7 Å². The van der Waals surface area contributed by atoms with Crippen molar-refractivity contribution >= 4 is 28.9 Å². The highest BCUT2D eigenvalue weighted by molar-refractivity contribution is 8.15. The van der Waals surface area contributed by atoms with E-state index in [4.69, 9.17) is 9.47 Å². The highest BCUT2D eigenvalue weighted by Crippen LogP contribution is 2.30. The molecule has 8 heteroatoms. The van der Waals surface area contributed by atoms with Gasteiger partial charge in [0.2, 0.25) is 5.91 Å². The van der Waals surface area contributed by atoms with Gasteiger partial charge in [-0.05, 0) is 37.8 Å². The molecule has 0 aromatic rings. The van der Waals surface area contributed by atoms with E-state index in [0.29, 0.717) is 19.3 Å². The van der Waals surface area contributed by atoms with Gasteiger partial charge in [-0.15, -0.1) is 0 Å². The molecule has 0 spiro atoms. The SMILES string of the molecule is CCCCCC(=O)O[C@@H](COC1=CC=C(CC2SC(=O)NC2=O)CC1)C1=CC=C(CC)CN1. The molecule has 0 radical (unpaired) electrons. The Labute approximate surface area is 200 Å². The van der Waals surface area contributed by atoms with Gasteiger partial charge >= 0.3 is 5.97 Å². The Balaban J connectivity index is 1.57. The van der Waals surface area contributed by atoms with Crippen LogP contribution >= 0.6 is 11.8 Å². The first-order valence-electron chi connectivity index (χ1n) is 11.8. The molecule has 3 rings (SSSR count). The fraction of sp³-hybridized carbons (Fsp3) is 0.560. The third-order valence-electron chi connectivity index (χ3n) is 5.91. The summed E-state index contributed by atoms with van der Waals surface area (Å²) in [6.07, 6.45) is 13.8. The van der Waals surface area contributed by atoms with Crippen LogP contribution in [0.3, 0.4) is 0 Å². The van der Waals surface area contributed by atoms with Crippen LogP contribution in [0.2, 0.25) is 0 Å². The Morgan fingerprint density at radius 2 is 1.94 bits per heavy atom. The molecule has 1 fully saturated rings. The zero-order chi connectivity index (χ0) is 23.6. The summed E-state index contributed by atoms with van der Waals surface area (Å²) in [5.74, 6) is 0.410. The monoisotopic (exact) mass is 474 g/mol. The Bertz CT molecular complexity index is 874. The summed E-state index contributed by atoms with van der Waals surface area (Å²) in [7, 11) is 0. The van der Waals surface area contributed by atoms with Crippen molar-refractivity contribution in [3.63, 3.8) is 0 Å². The van der Waals surface area contributed by atoms with Crippen molar-refractivity contribution in [2.24, 2.45) is 0 Å². The van der Waals surface area contributed by atoms with Gasteiger partial charge < -0.3 is 14.8 Å². The molecule has 2 N–H and O–H groups in total. The molecule has 33 heavy (non-hydrogen) atoms. The number of esters is 1. The van der Waals surface area contributed by atoms with E-state index in [1.807, 2.05) is 18.2 Å². The number of allylic oxidation sites excluding steroid dienone is 6. The second-order valence-corrected chi connectivity index (χ2v) is 9.62. The first-order chi connectivity index (χ1) is 16.0. The van der Waals surface area contributed by atoms with Crippen LogP contribution in [-0.2, 0) is 19.1 Å². The van der Waals surface area contributed by atoms with Crippen LogP contribution in [0.25, 0.3) is 0 Å². The van der Waals surface area contributed by atoms with Crippen molar-refractivity contribution in [3.05, 3.63) is 46.9 Å². The van der Waals surface area contributed by atoms with E-state index in [2.05, 4.69) is 30.6 Å². The van der Waals surface area contributed by atoms with Crippen molar-refractivity contribution in [1.29, 1.82) is 0 Å². The zero-order valence-corrected chi connectivity index (χ0v) is 20.3. The van der Waals surface area contributed by atoms with Gasteiger partial charge in [0.1, 0.15) is 6.61 Å². The summed E-state index contributed by atoms with van der Waals surface area (Å²) in [5.41, 5.74) is 3.28. The molecule has 0 bridgehead atoms. The van der Waals surface area contributed by atoms with Crippen molar-refractivity contribution < 1.29 is 23.9 Å². The van der Waals surface area contributed by atoms with Crippen LogP contribution < -0.4 is 10.6 Å². The van der Waals surface area contributed by atoms with Crippen LogP contribution in [0.5, 0.6) is 0 Å². The standard InChI is InChI=1S/C25H34N2O5S/c1-3-5-6-7-23(28)32-21(20-13-10-17(4-2)15-26-20)16-31-19-11-8-18(9-12-19)14-22-24(29)27-25(30)33-22/h8,10-11,13,21-22,26H,3-7,9,12,14-16H2,1-2H3,(H,27,29,30)/t21-,22?/m0/s1. The molecule has 0 aromatic heterocycles. The van der Waals surface area contributed by atoms with Crippen LogP contribution in [0.1, 0.15) is 65.2 Å². The van der Waals surface area contributed by atoms with Crippen molar-refractivity contribution in [1.82, 2.24) is 10.6 Å². The summed E-state index contributed by atoms with van der Waals surface area (Å²) >= 11 is 1.05. The highest BCUT2D eigenvalue weighted by atomic mass is 32.2. The number of imide groups is 1. The lowest BCUT2D eigenvalue weighted by molar-refractivity contribution is -0.149. The normalized spacial score (nSPS) is 21.2. The van der Waals surface area contributed by atoms with Crippen molar-refractivity contribution in [2.45, 2.75) is 76.6 Å². The maximum atomic E-state index is 12.4. The molecule has 3 aliphatic rings. The number of hydrogen-bond donors (Lipinski definition) is 2. The number of hydrogen-bond acceptors (Lipinski definition) is 7. The van der Waals surface area contributed by atoms with E-state index < -0.39 is 6.10 Å². The van der Waals surface area contributed by atoms with E-state index in [9.17, 15) is 14.4 Å². The van der Waals surface area contributed by atoms with Gasteiger partial charge in [0.25, 0.3) is 5.24 Å². The number of nitrogens with one attached hydrogen (secondary N) is 2. The van der Waals surface area contributed by atoms with E-state index in [1.165, 1.54) is 5.57 Å². The molecule has 7 nitrogen and oxygen atoms in total. The predicted octanol–water partition coefficient (Wildman–Crippen LogP) is 4.66. The van der Waals surface area contributed by atoms with Gasteiger partial charge in [0.05, 0.1) is 16.7 Å². The van der Waals surface area contributed by atoms with Gasteiger partial charge in [0, 0.05) is 19.4 Å². The van der Waals surface area contributed by atoms with Gasteiger partial charge in [-0.1, -0.05) is 61.7 Å². The minimum absolute atomic E-state index is 0.202. The van der Waals surface area contributed by atoms with Gasteiger partial charge in [0.15, 0.2) is 6.10 Å².